The topological polar surface area (TPSA) is 104 Å². The lowest BCUT2D eigenvalue weighted by atomic mass is 9.69. The summed E-state index contributed by atoms with van der Waals surface area (Å²) in [6, 6.07) is 5.87. The Kier molecular flexibility index (Phi) is 9.59. The highest BCUT2D eigenvalue weighted by molar-refractivity contribution is 5.68. The molecule has 1 N–H and O–H groups in total. The van der Waals surface area contributed by atoms with Crippen LogP contribution in [0.3, 0.4) is 0 Å². The van der Waals surface area contributed by atoms with Crippen LogP contribution in [-0.4, -0.2) is 71.8 Å². The van der Waals surface area contributed by atoms with Gasteiger partial charge in [-0.3, -0.25) is 4.79 Å². The average Bonchev–Trinajstić information content (AvgIpc) is 2.87. The van der Waals surface area contributed by atoms with Crippen molar-refractivity contribution in [1.82, 2.24) is 4.90 Å². The van der Waals surface area contributed by atoms with E-state index in [1.54, 1.807) is 4.90 Å². The Labute approximate surface area is 244 Å². The molecule has 9 nitrogen and oxygen atoms in total. The van der Waals surface area contributed by atoms with Crippen molar-refractivity contribution in [3.05, 3.63) is 35.4 Å². The summed E-state index contributed by atoms with van der Waals surface area (Å²) in [6.07, 6.45) is 5.48. The second-order valence-electron chi connectivity index (χ2n) is 13.1. The van der Waals surface area contributed by atoms with E-state index in [-0.39, 0.29) is 24.5 Å². The molecule has 0 aliphatic carbocycles. The highest BCUT2D eigenvalue weighted by atomic mass is 16.6. The highest BCUT2D eigenvalue weighted by Gasteiger charge is 2.55. The van der Waals surface area contributed by atoms with Crippen molar-refractivity contribution in [1.29, 1.82) is 0 Å². The normalized spacial score (nSPS) is 27.3. The maximum atomic E-state index is 12.9. The molecule has 0 unspecified atom stereocenters. The molecule has 1 spiro atoms. The summed E-state index contributed by atoms with van der Waals surface area (Å²) in [7, 11) is 0. The quantitative estimate of drug-likeness (QED) is 0.271. The molecule has 4 rings (SSSR count). The number of amides is 1. The van der Waals surface area contributed by atoms with Crippen molar-refractivity contribution in [2.75, 3.05) is 32.9 Å². The minimum absolute atomic E-state index is 0.00989. The molecule has 3 heterocycles. The standard InChI is InChI=1S/C32H47NO8/c1-22(2)10-9-14-31(6)25-19-32(20-33(15-17-39-32)29(36)41-30(3,4)5)21-38-28(25)24-13-12-23(18-26(24)40-31)37-16-8-7-11-27(34)35/h10,12-13,18,25,28H,7-9,11,14-17,19-21H2,1-6H3,(H,34,35)/t25-,28+,31+,32+/m0/s1. The first-order valence-corrected chi connectivity index (χ1v) is 14.8. The molecule has 9 heteroatoms. The van der Waals surface area contributed by atoms with Crippen molar-refractivity contribution in [3.8, 4) is 11.5 Å². The van der Waals surface area contributed by atoms with E-state index in [1.165, 1.54) is 5.57 Å². The summed E-state index contributed by atoms with van der Waals surface area (Å²) in [4.78, 5) is 25.4. The molecule has 41 heavy (non-hydrogen) atoms. The summed E-state index contributed by atoms with van der Waals surface area (Å²) in [5.41, 5.74) is 0.521. The van der Waals surface area contributed by atoms with Crippen LogP contribution in [0.5, 0.6) is 11.5 Å². The van der Waals surface area contributed by atoms with Gasteiger partial charge in [-0.05, 0) is 85.8 Å². The molecular weight excluding hydrogens is 526 g/mol. The van der Waals surface area contributed by atoms with E-state index in [1.807, 2.05) is 39.0 Å². The minimum Gasteiger partial charge on any atom is -0.493 e. The fraction of sp³-hybridized carbons (Fsp3) is 0.688. The van der Waals surface area contributed by atoms with Crippen molar-refractivity contribution >= 4 is 12.1 Å². The van der Waals surface area contributed by atoms with E-state index in [9.17, 15) is 9.59 Å². The number of rotatable bonds is 9. The number of carbonyl (C=O) groups is 2. The zero-order valence-corrected chi connectivity index (χ0v) is 25.5. The van der Waals surface area contributed by atoms with Gasteiger partial charge in [0.15, 0.2) is 0 Å². The maximum absolute atomic E-state index is 12.9. The van der Waals surface area contributed by atoms with E-state index >= 15 is 0 Å². The van der Waals surface area contributed by atoms with Crippen LogP contribution in [0.1, 0.15) is 91.7 Å². The number of unbranched alkanes of at least 4 members (excludes halogenated alkanes) is 1. The molecule has 1 aromatic carbocycles. The molecule has 3 aliphatic heterocycles. The molecule has 1 amide bonds. The smallest absolute Gasteiger partial charge is 0.410 e. The Morgan fingerprint density at radius 3 is 2.71 bits per heavy atom. The lowest BCUT2D eigenvalue weighted by Gasteiger charge is -2.55. The number of ether oxygens (including phenoxy) is 5. The van der Waals surface area contributed by atoms with E-state index in [0.29, 0.717) is 57.9 Å². The van der Waals surface area contributed by atoms with Gasteiger partial charge in [0.2, 0.25) is 0 Å². The summed E-state index contributed by atoms with van der Waals surface area (Å²) in [5.74, 6) is 0.667. The predicted octanol–water partition coefficient (Wildman–Crippen LogP) is 6.30. The van der Waals surface area contributed by atoms with Crippen LogP contribution in [0.4, 0.5) is 4.79 Å². The van der Waals surface area contributed by atoms with Crippen LogP contribution in [0.15, 0.2) is 29.8 Å². The van der Waals surface area contributed by atoms with Gasteiger partial charge in [-0.1, -0.05) is 11.6 Å². The van der Waals surface area contributed by atoms with Crippen molar-refractivity contribution < 1.29 is 38.4 Å². The zero-order chi connectivity index (χ0) is 29.8. The van der Waals surface area contributed by atoms with Gasteiger partial charge in [-0.25, -0.2) is 4.79 Å². The molecule has 0 saturated carbocycles. The lowest BCUT2D eigenvalue weighted by Crippen LogP contribution is -2.63. The summed E-state index contributed by atoms with van der Waals surface area (Å²) >= 11 is 0. The largest absolute Gasteiger partial charge is 0.493 e. The minimum atomic E-state index is -0.792. The number of hydrogen-bond donors (Lipinski definition) is 1. The van der Waals surface area contributed by atoms with Gasteiger partial charge in [0.1, 0.15) is 28.3 Å². The number of carbonyl (C=O) groups excluding carboxylic acids is 1. The molecule has 4 atom stereocenters. The Balaban J connectivity index is 1.54. The average molecular weight is 574 g/mol. The first-order valence-electron chi connectivity index (χ1n) is 14.8. The van der Waals surface area contributed by atoms with Gasteiger partial charge in [0.25, 0.3) is 0 Å². The van der Waals surface area contributed by atoms with Crippen LogP contribution < -0.4 is 9.47 Å². The van der Waals surface area contributed by atoms with Gasteiger partial charge >= 0.3 is 12.1 Å². The van der Waals surface area contributed by atoms with Gasteiger partial charge in [-0.2, -0.15) is 0 Å². The number of nitrogens with zero attached hydrogens (tertiary/aromatic N) is 1. The fourth-order valence-corrected chi connectivity index (χ4v) is 6.01. The number of allylic oxidation sites excluding steroid dienone is 2. The predicted molar refractivity (Wildman–Crippen MR) is 154 cm³/mol. The number of carboxylic acids is 1. The SMILES string of the molecule is CC(C)=CCC[C@@]1(C)Oc2cc(OCCCCC(=O)O)ccc2[C@H]2OC[C@@]3(C[C@@H]21)CN(C(=O)OC(C)(C)C)CCO3. The van der Waals surface area contributed by atoms with Gasteiger partial charge < -0.3 is 33.7 Å². The highest BCUT2D eigenvalue weighted by Crippen LogP contribution is 2.54. The third-order valence-corrected chi connectivity index (χ3v) is 8.05. The molecule has 2 saturated heterocycles. The Bertz CT molecular complexity index is 1120. The van der Waals surface area contributed by atoms with Gasteiger partial charge in [0.05, 0.1) is 32.5 Å². The third kappa shape index (κ3) is 7.95. The monoisotopic (exact) mass is 573 g/mol. The van der Waals surface area contributed by atoms with Crippen LogP contribution in [0.2, 0.25) is 0 Å². The Morgan fingerprint density at radius 2 is 2.00 bits per heavy atom. The number of benzene rings is 1. The number of hydrogen-bond acceptors (Lipinski definition) is 7. The molecule has 0 bridgehead atoms. The van der Waals surface area contributed by atoms with Crippen molar-refractivity contribution in [2.45, 2.75) is 103 Å². The number of carboxylic acid groups (broad SMARTS) is 1. The third-order valence-electron chi connectivity index (χ3n) is 8.05. The van der Waals surface area contributed by atoms with Crippen molar-refractivity contribution in [3.63, 3.8) is 0 Å². The first kappa shape index (κ1) is 31.2. The Hall–Kier alpha value is -2.78. The second-order valence-corrected chi connectivity index (χ2v) is 13.1. The number of aliphatic carboxylic acids is 1. The fourth-order valence-electron chi connectivity index (χ4n) is 6.01. The van der Waals surface area contributed by atoms with Crippen LogP contribution in [-0.2, 0) is 19.0 Å². The summed E-state index contributed by atoms with van der Waals surface area (Å²) in [5, 5.41) is 8.85. The first-order chi connectivity index (χ1) is 19.3. The van der Waals surface area contributed by atoms with E-state index in [4.69, 9.17) is 28.8 Å². The number of fused-ring (bicyclic) bond motifs is 3. The lowest BCUT2D eigenvalue weighted by molar-refractivity contribution is -0.231. The second kappa shape index (κ2) is 12.6. The molecule has 228 valence electrons. The van der Waals surface area contributed by atoms with Crippen LogP contribution >= 0.6 is 0 Å². The number of morpholine rings is 1. The van der Waals surface area contributed by atoms with E-state index in [2.05, 4.69) is 26.8 Å². The van der Waals surface area contributed by atoms with Crippen molar-refractivity contribution in [2.24, 2.45) is 5.92 Å². The van der Waals surface area contributed by atoms with E-state index in [0.717, 1.165) is 24.2 Å². The van der Waals surface area contributed by atoms with Crippen LogP contribution in [0, 0.1) is 5.92 Å². The van der Waals surface area contributed by atoms with Gasteiger partial charge in [-0.15, -0.1) is 0 Å². The molecule has 2 fully saturated rings. The molecular formula is C32H47NO8. The van der Waals surface area contributed by atoms with Crippen LogP contribution in [0.25, 0.3) is 0 Å². The van der Waals surface area contributed by atoms with E-state index < -0.39 is 22.8 Å². The molecule has 3 aliphatic rings. The molecule has 0 radical (unpaired) electrons. The Morgan fingerprint density at radius 1 is 1.22 bits per heavy atom. The summed E-state index contributed by atoms with van der Waals surface area (Å²) < 4.78 is 31.4. The summed E-state index contributed by atoms with van der Waals surface area (Å²) in [6.45, 7) is 14.1. The van der Waals surface area contributed by atoms with Gasteiger partial charge in [0, 0.05) is 30.5 Å². The maximum Gasteiger partial charge on any atom is 0.410 e. The molecule has 1 aromatic rings. The molecule has 0 aromatic heterocycles. The zero-order valence-electron chi connectivity index (χ0n) is 25.5.